The van der Waals surface area contributed by atoms with Gasteiger partial charge in [-0.25, -0.2) is 4.68 Å². The van der Waals surface area contributed by atoms with Crippen LogP contribution in [0.3, 0.4) is 0 Å². The van der Waals surface area contributed by atoms with E-state index in [0.717, 1.165) is 5.75 Å². The van der Waals surface area contributed by atoms with E-state index in [-0.39, 0.29) is 18.2 Å². The van der Waals surface area contributed by atoms with Gasteiger partial charge in [-0.2, -0.15) is 10.1 Å². The molecule has 2 heterocycles. The van der Waals surface area contributed by atoms with Crippen LogP contribution in [0.2, 0.25) is 0 Å². The van der Waals surface area contributed by atoms with Crippen LogP contribution < -0.4 is 15.4 Å². The molecular weight excluding hydrogens is 298 g/mol. The lowest BCUT2D eigenvalue weighted by Gasteiger charge is -2.10. The van der Waals surface area contributed by atoms with E-state index >= 15 is 0 Å². The Hall–Kier alpha value is -2.90. The number of rotatable bonds is 5. The van der Waals surface area contributed by atoms with Crippen molar-refractivity contribution in [2.75, 3.05) is 17.2 Å². The average Bonchev–Trinajstić information content (AvgIpc) is 2.99. The van der Waals surface area contributed by atoms with Crippen molar-refractivity contribution in [3.05, 3.63) is 30.1 Å². The molecule has 0 bridgehead atoms. The Balaban J connectivity index is 1.64. The molecule has 23 heavy (non-hydrogen) atoms. The zero-order chi connectivity index (χ0) is 16.4. The number of nitrogens with zero attached hydrogens (tertiary/aromatic N) is 3. The molecule has 0 spiro atoms. The Bertz CT molecular complexity index is 738. The normalized spacial score (nSPS) is 15.9. The van der Waals surface area contributed by atoms with Gasteiger partial charge in [0.1, 0.15) is 17.6 Å². The number of hydrogen-bond acceptors (Lipinski definition) is 5. The molecule has 120 valence electrons. The molecule has 0 unspecified atom stereocenters. The largest absolute Gasteiger partial charge is 0.494 e. The van der Waals surface area contributed by atoms with E-state index in [1.807, 2.05) is 6.92 Å². The first kappa shape index (κ1) is 15.0. The Labute approximate surface area is 132 Å². The zero-order valence-corrected chi connectivity index (χ0v) is 12.9. The molecule has 0 radical (unpaired) electrons. The second-order valence-electron chi connectivity index (χ2n) is 5.14. The van der Waals surface area contributed by atoms with E-state index < -0.39 is 6.04 Å². The minimum absolute atomic E-state index is 0.00511. The van der Waals surface area contributed by atoms with E-state index in [1.165, 1.54) is 4.68 Å². The monoisotopic (exact) mass is 315 g/mol. The van der Waals surface area contributed by atoms with E-state index in [9.17, 15) is 9.59 Å². The number of nitrogens with one attached hydrogen (secondary N) is 2. The van der Waals surface area contributed by atoms with Gasteiger partial charge in [-0.05, 0) is 38.1 Å². The molecule has 2 amide bonds. The number of aryl methyl sites for hydroxylation is 1. The lowest BCUT2D eigenvalue weighted by Crippen LogP contribution is -2.23. The minimum atomic E-state index is -0.672. The van der Waals surface area contributed by atoms with Gasteiger partial charge in [0.2, 0.25) is 11.9 Å². The molecule has 3 rings (SSSR count). The topological polar surface area (TPSA) is 98.1 Å². The highest BCUT2D eigenvalue weighted by Crippen LogP contribution is 2.25. The Morgan fingerprint density at radius 1 is 1.39 bits per heavy atom. The summed E-state index contributed by atoms with van der Waals surface area (Å²) in [4.78, 5) is 28.1. The number of carbonyl (C=O) groups is 2. The van der Waals surface area contributed by atoms with Crippen molar-refractivity contribution in [1.29, 1.82) is 0 Å². The molecule has 2 N–H and O–H groups in total. The van der Waals surface area contributed by atoms with Gasteiger partial charge >= 0.3 is 0 Å². The summed E-state index contributed by atoms with van der Waals surface area (Å²) in [6.45, 7) is 4.22. The third kappa shape index (κ3) is 3.15. The molecule has 1 atom stereocenters. The van der Waals surface area contributed by atoms with Crippen molar-refractivity contribution < 1.29 is 14.3 Å². The van der Waals surface area contributed by atoms with E-state index in [2.05, 4.69) is 20.7 Å². The molecular formula is C15H17N5O3. The number of amides is 2. The minimum Gasteiger partial charge on any atom is -0.494 e. The maximum atomic E-state index is 12.2. The van der Waals surface area contributed by atoms with Gasteiger partial charge in [-0.3, -0.25) is 14.9 Å². The molecule has 0 aliphatic carbocycles. The first-order valence-electron chi connectivity index (χ1n) is 7.33. The summed E-state index contributed by atoms with van der Waals surface area (Å²) in [5.74, 6) is 1.13. The van der Waals surface area contributed by atoms with Crippen LogP contribution in [-0.2, 0) is 9.59 Å². The van der Waals surface area contributed by atoms with Gasteiger partial charge in [-0.15, -0.1) is 0 Å². The molecule has 0 fully saturated rings. The number of aromatic nitrogens is 3. The average molecular weight is 315 g/mol. The summed E-state index contributed by atoms with van der Waals surface area (Å²) in [6.07, 6.45) is -0.00511. The van der Waals surface area contributed by atoms with Crippen LogP contribution in [0.4, 0.5) is 11.6 Å². The number of carbonyl (C=O) groups excluding carboxylic acids is 2. The fourth-order valence-corrected chi connectivity index (χ4v) is 2.41. The summed E-state index contributed by atoms with van der Waals surface area (Å²) < 4.78 is 6.80. The molecule has 1 aromatic heterocycles. The predicted molar refractivity (Wildman–Crippen MR) is 83.3 cm³/mol. The van der Waals surface area contributed by atoms with Crippen LogP contribution in [0, 0.1) is 6.92 Å². The van der Waals surface area contributed by atoms with E-state index in [4.69, 9.17) is 4.74 Å². The van der Waals surface area contributed by atoms with Crippen molar-refractivity contribution >= 4 is 23.5 Å². The highest BCUT2D eigenvalue weighted by atomic mass is 16.5. The smallest absolute Gasteiger partial charge is 0.252 e. The van der Waals surface area contributed by atoms with E-state index in [1.54, 1.807) is 31.2 Å². The highest BCUT2D eigenvalue weighted by Gasteiger charge is 2.34. The standard InChI is InChI=1S/C15H17N5O3/c1-3-23-11-6-4-10(5-7-11)17-13(21)8-12-14(22)18-15-16-9(2)19-20(12)15/h4-7,12H,3,8H2,1-2H3,(H,17,21)(H,16,18,19,22)/t12-/m1/s1. The molecule has 8 heteroatoms. The third-order valence-corrected chi connectivity index (χ3v) is 3.40. The number of benzene rings is 1. The Morgan fingerprint density at radius 3 is 2.83 bits per heavy atom. The molecule has 2 aromatic rings. The Morgan fingerprint density at radius 2 is 2.13 bits per heavy atom. The van der Waals surface area contributed by atoms with Crippen molar-refractivity contribution in [1.82, 2.24) is 14.8 Å². The van der Waals surface area contributed by atoms with Gasteiger partial charge in [0.25, 0.3) is 5.91 Å². The maximum absolute atomic E-state index is 12.2. The Kier molecular flexibility index (Phi) is 3.96. The molecule has 1 aromatic carbocycles. The van der Waals surface area contributed by atoms with Gasteiger partial charge in [0.15, 0.2) is 0 Å². The lowest BCUT2D eigenvalue weighted by molar-refractivity contribution is -0.123. The van der Waals surface area contributed by atoms with Gasteiger partial charge in [0.05, 0.1) is 13.0 Å². The number of hydrogen-bond donors (Lipinski definition) is 2. The second-order valence-corrected chi connectivity index (χ2v) is 5.14. The van der Waals surface area contributed by atoms with Crippen molar-refractivity contribution in [2.45, 2.75) is 26.3 Å². The summed E-state index contributed by atoms with van der Waals surface area (Å²) in [7, 11) is 0. The van der Waals surface area contributed by atoms with Crippen LogP contribution in [0.25, 0.3) is 0 Å². The molecule has 0 saturated carbocycles. The summed E-state index contributed by atoms with van der Waals surface area (Å²) in [5.41, 5.74) is 0.645. The van der Waals surface area contributed by atoms with E-state index in [0.29, 0.717) is 24.1 Å². The number of anilines is 2. The van der Waals surface area contributed by atoms with Crippen molar-refractivity contribution in [3.8, 4) is 5.75 Å². The lowest BCUT2D eigenvalue weighted by atomic mass is 10.2. The fourth-order valence-electron chi connectivity index (χ4n) is 2.41. The first-order chi connectivity index (χ1) is 11.1. The predicted octanol–water partition coefficient (Wildman–Crippen LogP) is 1.51. The van der Waals surface area contributed by atoms with Crippen LogP contribution in [0.15, 0.2) is 24.3 Å². The molecule has 8 nitrogen and oxygen atoms in total. The quantitative estimate of drug-likeness (QED) is 0.871. The third-order valence-electron chi connectivity index (χ3n) is 3.40. The summed E-state index contributed by atoms with van der Waals surface area (Å²) >= 11 is 0. The van der Waals surface area contributed by atoms with Crippen LogP contribution in [0.1, 0.15) is 25.2 Å². The maximum Gasteiger partial charge on any atom is 0.252 e. The molecule has 0 saturated heterocycles. The van der Waals surface area contributed by atoms with Gasteiger partial charge in [0, 0.05) is 5.69 Å². The van der Waals surface area contributed by atoms with Gasteiger partial charge in [-0.1, -0.05) is 0 Å². The van der Waals surface area contributed by atoms with Crippen LogP contribution >= 0.6 is 0 Å². The van der Waals surface area contributed by atoms with Crippen molar-refractivity contribution in [3.63, 3.8) is 0 Å². The SMILES string of the molecule is CCOc1ccc(NC(=O)C[C@@H]2C(=O)Nc3nc(C)nn32)cc1. The molecule has 1 aliphatic heterocycles. The fraction of sp³-hybridized carbons (Fsp3) is 0.333. The van der Waals surface area contributed by atoms with Crippen LogP contribution in [0.5, 0.6) is 5.75 Å². The summed E-state index contributed by atoms with van der Waals surface area (Å²) in [6, 6.07) is 6.39. The summed E-state index contributed by atoms with van der Waals surface area (Å²) in [5, 5.41) is 9.51. The van der Waals surface area contributed by atoms with Gasteiger partial charge < -0.3 is 10.1 Å². The van der Waals surface area contributed by atoms with Crippen molar-refractivity contribution in [2.24, 2.45) is 0 Å². The van der Waals surface area contributed by atoms with Crippen LogP contribution in [-0.4, -0.2) is 33.2 Å². The number of fused-ring (bicyclic) bond motifs is 1. The highest BCUT2D eigenvalue weighted by molar-refractivity contribution is 6.00. The zero-order valence-electron chi connectivity index (χ0n) is 12.9. The second kappa shape index (κ2) is 6.07. The first-order valence-corrected chi connectivity index (χ1v) is 7.33. The molecule has 1 aliphatic rings. The number of ether oxygens (including phenoxy) is 1.